The van der Waals surface area contributed by atoms with Gasteiger partial charge < -0.3 is 10.6 Å². The topological polar surface area (TPSA) is 70.6 Å². The molecule has 5 nitrogen and oxygen atoms in total. The predicted molar refractivity (Wildman–Crippen MR) is 112 cm³/mol. The molecule has 0 aliphatic heterocycles. The Morgan fingerprint density at radius 1 is 1.11 bits per heavy atom. The molecule has 146 valence electrons. The van der Waals surface area contributed by atoms with Gasteiger partial charge in [0, 0.05) is 26.4 Å². The van der Waals surface area contributed by atoms with Crippen LogP contribution in [0.1, 0.15) is 35.1 Å². The quantitative estimate of drug-likeness (QED) is 0.590. The molecule has 2 aromatic rings. The molecule has 0 aliphatic carbocycles. The number of hydrogen-bond donors (Lipinski definition) is 2. The molecule has 2 N–H and O–H groups in total. The van der Waals surface area contributed by atoms with Crippen LogP contribution in [0.4, 0.5) is 0 Å². The van der Waals surface area contributed by atoms with Crippen LogP contribution in [0, 0.1) is 13.8 Å². The first-order valence-electron chi connectivity index (χ1n) is 9.01. The Bertz CT molecular complexity index is 921. The van der Waals surface area contributed by atoms with Crippen molar-refractivity contribution in [1.29, 1.82) is 0 Å². The van der Waals surface area contributed by atoms with E-state index in [2.05, 4.69) is 53.7 Å². The third-order valence-corrected chi connectivity index (χ3v) is 5.77. The predicted octanol–water partition coefficient (Wildman–Crippen LogP) is 3.18. The summed E-state index contributed by atoms with van der Waals surface area (Å²) in [5.74, 6) is 1.08. The number of nitrogens with one attached hydrogen (secondary N) is 2. The van der Waals surface area contributed by atoms with E-state index in [1.165, 1.54) is 17.4 Å². The summed E-state index contributed by atoms with van der Waals surface area (Å²) in [5.41, 5.74) is 4.32. The molecule has 0 aliphatic rings. The van der Waals surface area contributed by atoms with E-state index in [4.69, 9.17) is 0 Å². The van der Waals surface area contributed by atoms with Gasteiger partial charge in [-0.3, -0.25) is 4.99 Å². The zero-order valence-electron chi connectivity index (χ0n) is 16.7. The zero-order chi connectivity index (χ0) is 20.0. The van der Waals surface area contributed by atoms with Crippen LogP contribution < -0.4 is 10.6 Å². The lowest BCUT2D eigenvalue weighted by Crippen LogP contribution is -2.38. The van der Waals surface area contributed by atoms with Crippen molar-refractivity contribution in [2.24, 2.45) is 4.99 Å². The highest BCUT2D eigenvalue weighted by Gasteiger charge is 2.11. The average molecular weight is 388 g/mol. The van der Waals surface area contributed by atoms with Crippen molar-refractivity contribution in [2.45, 2.75) is 38.1 Å². The standard InChI is InChI=1S/C21H29N3O2S/c1-15-7-6-8-19(11-15)17(3)13-23-21(22-4)24-14-18-9-10-20(16(2)12-18)27(5,25)26/h6-12,17H,13-14H2,1-5H3,(H2,22,23,24). The number of aryl methyl sites for hydroxylation is 2. The maximum absolute atomic E-state index is 11.7. The fraction of sp³-hybridized carbons (Fsp3) is 0.381. The van der Waals surface area contributed by atoms with Gasteiger partial charge in [-0.05, 0) is 42.5 Å². The molecule has 2 aromatic carbocycles. The van der Waals surface area contributed by atoms with Crippen molar-refractivity contribution in [2.75, 3.05) is 19.8 Å². The Hall–Kier alpha value is -2.34. The zero-order valence-corrected chi connectivity index (χ0v) is 17.5. The van der Waals surface area contributed by atoms with Gasteiger partial charge in [-0.2, -0.15) is 0 Å². The third kappa shape index (κ3) is 6.10. The van der Waals surface area contributed by atoms with Gasteiger partial charge in [0.2, 0.25) is 0 Å². The van der Waals surface area contributed by atoms with Gasteiger partial charge in [0.15, 0.2) is 15.8 Å². The lowest BCUT2D eigenvalue weighted by Gasteiger charge is -2.17. The molecule has 0 bridgehead atoms. The maximum atomic E-state index is 11.7. The van der Waals surface area contributed by atoms with E-state index in [0.717, 1.165) is 23.6 Å². The number of guanidine groups is 1. The first-order valence-corrected chi connectivity index (χ1v) is 10.9. The summed E-state index contributed by atoms with van der Waals surface area (Å²) in [6.07, 6.45) is 1.23. The van der Waals surface area contributed by atoms with E-state index >= 15 is 0 Å². The van der Waals surface area contributed by atoms with Gasteiger partial charge in [-0.1, -0.05) is 48.9 Å². The molecule has 6 heteroatoms. The Morgan fingerprint density at radius 2 is 1.85 bits per heavy atom. The molecule has 0 fully saturated rings. The first-order chi connectivity index (χ1) is 12.7. The number of aliphatic imine (C=N–C) groups is 1. The minimum Gasteiger partial charge on any atom is -0.356 e. The number of benzene rings is 2. The van der Waals surface area contributed by atoms with E-state index in [1.54, 1.807) is 13.1 Å². The molecule has 0 amide bonds. The van der Waals surface area contributed by atoms with E-state index in [9.17, 15) is 8.42 Å². The fourth-order valence-corrected chi connectivity index (χ4v) is 3.95. The summed E-state index contributed by atoms with van der Waals surface area (Å²) in [6, 6.07) is 13.9. The van der Waals surface area contributed by atoms with Gasteiger partial charge in [-0.25, -0.2) is 8.42 Å². The highest BCUT2D eigenvalue weighted by molar-refractivity contribution is 7.90. The first kappa shape index (κ1) is 21.0. The smallest absolute Gasteiger partial charge is 0.191 e. The van der Waals surface area contributed by atoms with Crippen LogP contribution >= 0.6 is 0 Å². The van der Waals surface area contributed by atoms with Crippen LogP contribution in [0.5, 0.6) is 0 Å². The fourth-order valence-electron chi connectivity index (χ4n) is 2.99. The van der Waals surface area contributed by atoms with Crippen molar-refractivity contribution in [1.82, 2.24) is 10.6 Å². The molecule has 0 saturated carbocycles. The van der Waals surface area contributed by atoms with Crippen LogP contribution in [0.2, 0.25) is 0 Å². The summed E-state index contributed by atoms with van der Waals surface area (Å²) < 4.78 is 23.4. The minimum absolute atomic E-state index is 0.361. The van der Waals surface area contributed by atoms with Gasteiger partial charge in [0.1, 0.15) is 0 Å². The van der Waals surface area contributed by atoms with Crippen molar-refractivity contribution >= 4 is 15.8 Å². The number of sulfone groups is 1. The Balaban J connectivity index is 1.93. The highest BCUT2D eigenvalue weighted by Crippen LogP contribution is 2.17. The Labute approximate surface area is 162 Å². The Morgan fingerprint density at radius 3 is 2.44 bits per heavy atom. The van der Waals surface area contributed by atoms with Gasteiger partial charge in [-0.15, -0.1) is 0 Å². The molecule has 0 heterocycles. The van der Waals surface area contributed by atoms with Crippen molar-refractivity contribution in [3.05, 3.63) is 64.7 Å². The van der Waals surface area contributed by atoms with E-state index in [0.29, 0.717) is 17.4 Å². The van der Waals surface area contributed by atoms with Crippen molar-refractivity contribution < 1.29 is 8.42 Å². The van der Waals surface area contributed by atoms with E-state index in [-0.39, 0.29) is 0 Å². The van der Waals surface area contributed by atoms with E-state index in [1.807, 2.05) is 19.1 Å². The van der Waals surface area contributed by atoms with Crippen molar-refractivity contribution in [3.8, 4) is 0 Å². The summed E-state index contributed by atoms with van der Waals surface area (Å²) in [5, 5.41) is 6.63. The summed E-state index contributed by atoms with van der Waals surface area (Å²) in [4.78, 5) is 4.64. The molecule has 0 aromatic heterocycles. The maximum Gasteiger partial charge on any atom is 0.191 e. The molecule has 1 atom stereocenters. The molecular weight excluding hydrogens is 358 g/mol. The summed E-state index contributed by atoms with van der Waals surface area (Å²) in [6.45, 7) is 7.44. The van der Waals surface area contributed by atoms with Crippen LogP contribution in [0.25, 0.3) is 0 Å². The van der Waals surface area contributed by atoms with Crippen LogP contribution in [-0.4, -0.2) is 34.2 Å². The van der Waals surface area contributed by atoms with Crippen molar-refractivity contribution in [3.63, 3.8) is 0 Å². The lowest BCUT2D eigenvalue weighted by molar-refractivity contribution is 0.601. The van der Waals surface area contributed by atoms with Crippen LogP contribution in [-0.2, 0) is 16.4 Å². The van der Waals surface area contributed by atoms with Crippen LogP contribution in [0.15, 0.2) is 52.4 Å². The second-order valence-electron chi connectivity index (χ2n) is 6.99. The highest BCUT2D eigenvalue weighted by atomic mass is 32.2. The molecular formula is C21H29N3O2S. The second kappa shape index (κ2) is 9.04. The summed E-state index contributed by atoms with van der Waals surface area (Å²) >= 11 is 0. The van der Waals surface area contributed by atoms with Gasteiger partial charge in [0.05, 0.1) is 4.90 Å². The van der Waals surface area contributed by atoms with E-state index < -0.39 is 9.84 Å². The molecule has 0 radical (unpaired) electrons. The normalized spacial score (nSPS) is 13.3. The number of hydrogen-bond acceptors (Lipinski definition) is 3. The monoisotopic (exact) mass is 387 g/mol. The molecule has 0 spiro atoms. The molecule has 2 rings (SSSR count). The summed E-state index contributed by atoms with van der Waals surface area (Å²) in [7, 11) is -1.45. The number of nitrogens with zero attached hydrogens (tertiary/aromatic N) is 1. The Kier molecular flexibility index (Phi) is 7.02. The molecule has 1 unspecified atom stereocenters. The third-order valence-electron chi connectivity index (χ3n) is 4.51. The van der Waals surface area contributed by atoms with Gasteiger partial charge in [0.25, 0.3) is 0 Å². The molecule has 0 saturated heterocycles. The lowest BCUT2D eigenvalue weighted by atomic mass is 9.99. The van der Waals surface area contributed by atoms with Gasteiger partial charge >= 0.3 is 0 Å². The second-order valence-corrected chi connectivity index (χ2v) is 8.98. The average Bonchev–Trinajstić information content (AvgIpc) is 2.60. The largest absolute Gasteiger partial charge is 0.356 e. The minimum atomic E-state index is -3.19. The molecule has 27 heavy (non-hydrogen) atoms. The number of rotatable bonds is 6. The SMILES string of the molecule is CN=C(NCc1ccc(S(C)(=O)=O)c(C)c1)NCC(C)c1cccc(C)c1. The van der Waals surface area contributed by atoms with Crippen LogP contribution in [0.3, 0.4) is 0 Å².